The quantitative estimate of drug-likeness (QED) is 0.858. The third kappa shape index (κ3) is 4.03. The first-order valence-corrected chi connectivity index (χ1v) is 6.49. The molecule has 0 saturated heterocycles. The molecule has 1 aromatic carbocycles. The van der Waals surface area contributed by atoms with Crippen LogP contribution >= 0.6 is 0 Å². The van der Waals surface area contributed by atoms with Crippen molar-refractivity contribution in [3.8, 4) is 11.5 Å². The normalized spacial score (nSPS) is 17.5. The van der Waals surface area contributed by atoms with E-state index in [1.165, 1.54) is 0 Å². The van der Waals surface area contributed by atoms with Gasteiger partial charge in [0.25, 0.3) is 0 Å². The van der Waals surface area contributed by atoms with Gasteiger partial charge in [-0.25, -0.2) is 0 Å². The Balaban J connectivity index is 2.33. The third-order valence-electron chi connectivity index (χ3n) is 3.42. The molecule has 4 nitrogen and oxygen atoms in total. The second-order valence-corrected chi connectivity index (χ2v) is 5.26. The Morgan fingerprint density at radius 1 is 1.24 bits per heavy atom. The minimum absolute atomic E-state index is 0.238. The highest BCUT2D eigenvalue weighted by atomic mass is 19.4. The number of hydrogen-bond acceptors (Lipinski definition) is 4. The Morgan fingerprint density at radius 3 is 2.38 bits per heavy atom. The van der Waals surface area contributed by atoms with Crippen LogP contribution in [0, 0.1) is 0 Å². The standard InChI is InChI=1S/C14H15F3O4/c1-13(6-2-3-7-13)20-11-8-9(12(18)19)4-5-10(11)21-14(15,16)17/h4-5,8H,2-3,6-7H2,1H3,(H,18,19)/p-1. The number of rotatable bonds is 4. The molecule has 0 heterocycles. The van der Waals surface area contributed by atoms with Gasteiger partial charge in [0.15, 0.2) is 11.5 Å². The average Bonchev–Trinajstić information content (AvgIpc) is 2.76. The number of benzene rings is 1. The molecule has 21 heavy (non-hydrogen) atoms. The maximum Gasteiger partial charge on any atom is 0.573 e. The van der Waals surface area contributed by atoms with Gasteiger partial charge >= 0.3 is 6.36 Å². The Morgan fingerprint density at radius 2 is 1.86 bits per heavy atom. The number of aromatic carboxylic acids is 1. The molecule has 1 aliphatic carbocycles. The van der Waals surface area contributed by atoms with Crippen molar-refractivity contribution in [1.82, 2.24) is 0 Å². The van der Waals surface area contributed by atoms with Gasteiger partial charge in [-0.15, -0.1) is 13.2 Å². The summed E-state index contributed by atoms with van der Waals surface area (Å²) in [7, 11) is 0. The second kappa shape index (κ2) is 5.46. The maximum absolute atomic E-state index is 12.4. The molecule has 0 spiro atoms. The second-order valence-electron chi connectivity index (χ2n) is 5.26. The monoisotopic (exact) mass is 303 g/mol. The van der Waals surface area contributed by atoms with E-state index < -0.39 is 23.7 Å². The molecule has 1 saturated carbocycles. The van der Waals surface area contributed by atoms with E-state index in [9.17, 15) is 23.1 Å². The fourth-order valence-electron chi connectivity index (χ4n) is 2.41. The number of carboxylic acids is 1. The molecule has 0 amide bonds. The number of hydrogen-bond donors (Lipinski definition) is 0. The van der Waals surface area contributed by atoms with Gasteiger partial charge in [-0.05, 0) is 50.8 Å². The van der Waals surface area contributed by atoms with E-state index in [0.29, 0.717) is 12.8 Å². The molecule has 1 aromatic rings. The summed E-state index contributed by atoms with van der Waals surface area (Å²) in [6.45, 7) is 1.78. The first-order chi connectivity index (χ1) is 9.69. The van der Waals surface area contributed by atoms with Crippen LogP contribution in [0.5, 0.6) is 11.5 Å². The summed E-state index contributed by atoms with van der Waals surface area (Å²) in [5, 5.41) is 10.8. The maximum atomic E-state index is 12.4. The van der Waals surface area contributed by atoms with Crippen LogP contribution in [-0.4, -0.2) is 17.9 Å². The van der Waals surface area contributed by atoms with Crippen LogP contribution in [-0.2, 0) is 0 Å². The van der Waals surface area contributed by atoms with E-state index in [4.69, 9.17) is 4.74 Å². The molecule has 116 valence electrons. The molecule has 1 aliphatic rings. The van der Waals surface area contributed by atoms with Gasteiger partial charge in [-0.2, -0.15) is 0 Å². The number of alkyl halides is 3. The van der Waals surface area contributed by atoms with Crippen molar-refractivity contribution in [2.24, 2.45) is 0 Å². The first-order valence-electron chi connectivity index (χ1n) is 6.49. The van der Waals surface area contributed by atoms with Crippen LogP contribution in [0.1, 0.15) is 43.0 Å². The zero-order chi connectivity index (χ0) is 15.7. The van der Waals surface area contributed by atoms with Crippen LogP contribution in [0.2, 0.25) is 0 Å². The summed E-state index contributed by atoms with van der Waals surface area (Å²) in [5.41, 5.74) is -0.880. The number of ether oxygens (including phenoxy) is 2. The summed E-state index contributed by atoms with van der Waals surface area (Å²) in [5.74, 6) is -2.28. The Bertz CT molecular complexity index is 534. The average molecular weight is 303 g/mol. The summed E-state index contributed by atoms with van der Waals surface area (Å²) < 4.78 is 46.6. The highest BCUT2D eigenvalue weighted by molar-refractivity contribution is 5.86. The molecule has 7 heteroatoms. The zero-order valence-electron chi connectivity index (χ0n) is 11.3. The van der Waals surface area contributed by atoms with E-state index in [-0.39, 0.29) is 11.3 Å². The van der Waals surface area contributed by atoms with E-state index in [2.05, 4.69) is 4.74 Å². The third-order valence-corrected chi connectivity index (χ3v) is 3.42. The topological polar surface area (TPSA) is 58.6 Å². The highest BCUT2D eigenvalue weighted by Crippen LogP contribution is 2.39. The van der Waals surface area contributed by atoms with Crippen LogP contribution < -0.4 is 14.6 Å². The molecule has 1 fully saturated rings. The predicted molar refractivity (Wildman–Crippen MR) is 65.0 cm³/mol. The van der Waals surface area contributed by atoms with E-state index in [1.54, 1.807) is 6.92 Å². The molecule has 0 atom stereocenters. The lowest BCUT2D eigenvalue weighted by Gasteiger charge is -2.27. The van der Waals surface area contributed by atoms with Crippen molar-refractivity contribution in [3.63, 3.8) is 0 Å². The number of carbonyl (C=O) groups is 1. The van der Waals surface area contributed by atoms with Crippen LogP contribution in [0.15, 0.2) is 18.2 Å². The van der Waals surface area contributed by atoms with Crippen molar-refractivity contribution in [2.45, 2.75) is 44.6 Å². The van der Waals surface area contributed by atoms with Gasteiger partial charge in [-0.3, -0.25) is 0 Å². The van der Waals surface area contributed by atoms with Gasteiger partial charge in [0, 0.05) is 5.56 Å². The van der Waals surface area contributed by atoms with Gasteiger partial charge in [0.1, 0.15) is 5.60 Å². The van der Waals surface area contributed by atoms with Crippen molar-refractivity contribution < 1.29 is 32.5 Å². The van der Waals surface area contributed by atoms with E-state index >= 15 is 0 Å². The molecule has 0 N–H and O–H groups in total. The fraction of sp³-hybridized carbons (Fsp3) is 0.500. The molecular formula is C14H14F3O4-. The van der Waals surface area contributed by atoms with Crippen molar-refractivity contribution in [2.75, 3.05) is 0 Å². The van der Waals surface area contributed by atoms with Crippen molar-refractivity contribution in [3.05, 3.63) is 23.8 Å². The van der Waals surface area contributed by atoms with Gasteiger partial charge in [0.2, 0.25) is 0 Å². The molecular weight excluding hydrogens is 289 g/mol. The summed E-state index contributed by atoms with van der Waals surface area (Å²) in [6.07, 6.45) is -1.68. The minimum Gasteiger partial charge on any atom is -0.545 e. The molecule has 0 aromatic heterocycles. The lowest BCUT2D eigenvalue weighted by atomic mass is 10.1. The number of halogens is 3. The van der Waals surface area contributed by atoms with Gasteiger partial charge < -0.3 is 19.4 Å². The molecule has 0 radical (unpaired) electrons. The van der Waals surface area contributed by atoms with Gasteiger partial charge in [0.05, 0.1) is 5.97 Å². The van der Waals surface area contributed by atoms with E-state index in [0.717, 1.165) is 31.0 Å². The Kier molecular flexibility index (Phi) is 4.02. The smallest absolute Gasteiger partial charge is 0.545 e. The van der Waals surface area contributed by atoms with Crippen LogP contribution in [0.4, 0.5) is 13.2 Å². The summed E-state index contributed by atoms with van der Waals surface area (Å²) >= 11 is 0. The molecule has 0 aliphatic heterocycles. The largest absolute Gasteiger partial charge is 0.573 e. The minimum atomic E-state index is -4.88. The highest BCUT2D eigenvalue weighted by Gasteiger charge is 2.35. The van der Waals surface area contributed by atoms with Crippen molar-refractivity contribution in [1.29, 1.82) is 0 Å². The Labute approximate surface area is 119 Å². The SMILES string of the molecule is CC1(Oc2cc(C(=O)[O-])ccc2OC(F)(F)F)CCCC1. The van der Waals surface area contributed by atoms with E-state index in [1.807, 2.05) is 0 Å². The predicted octanol–water partition coefficient (Wildman–Crippen LogP) is 2.66. The fourth-order valence-corrected chi connectivity index (χ4v) is 2.41. The van der Waals surface area contributed by atoms with Crippen LogP contribution in [0.25, 0.3) is 0 Å². The lowest BCUT2D eigenvalue weighted by Crippen LogP contribution is -2.29. The molecule has 0 bridgehead atoms. The number of carbonyl (C=O) groups excluding carboxylic acids is 1. The molecule has 0 unspecified atom stereocenters. The number of carboxylic acid groups (broad SMARTS) is 1. The van der Waals surface area contributed by atoms with Crippen LogP contribution in [0.3, 0.4) is 0 Å². The summed E-state index contributed by atoms with van der Waals surface area (Å²) in [6, 6.07) is 2.91. The lowest BCUT2D eigenvalue weighted by molar-refractivity contribution is -0.275. The van der Waals surface area contributed by atoms with Gasteiger partial charge in [-0.1, -0.05) is 0 Å². The molecule has 2 rings (SSSR count). The zero-order valence-corrected chi connectivity index (χ0v) is 11.3. The Hall–Kier alpha value is -1.92. The summed E-state index contributed by atoms with van der Waals surface area (Å²) in [4.78, 5) is 10.8. The van der Waals surface area contributed by atoms with Crippen molar-refractivity contribution >= 4 is 5.97 Å². The first kappa shape index (κ1) is 15.5.